The molecule has 2 N–H and O–H groups in total. The average molecular weight is 377 g/mol. The molecule has 8 heteroatoms. The molecule has 27 heavy (non-hydrogen) atoms. The first-order valence-electron chi connectivity index (χ1n) is 9.91. The number of fused-ring (bicyclic) bond motifs is 1. The summed E-state index contributed by atoms with van der Waals surface area (Å²) in [5.41, 5.74) is 2.07. The van der Waals surface area contributed by atoms with Gasteiger partial charge in [-0.2, -0.15) is 4.98 Å². The van der Waals surface area contributed by atoms with E-state index in [9.17, 15) is 9.90 Å². The minimum absolute atomic E-state index is 0.0869. The molecule has 0 unspecified atom stereocenters. The first-order valence-corrected chi connectivity index (χ1v) is 9.91. The topological polar surface area (TPSA) is 84.8 Å². The summed E-state index contributed by atoms with van der Waals surface area (Å²) in [5, 5.41) is 13.3. The Bertz CT molecular complexity index is 666. The molecule has 2 aliphatic rings. The van der Waals surface area contributed by atoms with Gasteiger partial charge in [0.2, 0.25) is 11.9 Å². The van der Waals surface area contributed by atoms with Crippen molar-refractivity contribution in [3.05, 3.63) is 11.3 Å². The summed E-state index contributed by atoms with van der Waals surface area (Å²) >= 11 is 0. The Labute approximate surface area is 161 Å². The maximum Gasteiger partial charge on any atom is 0.227 e. The molecule has 1 amide bonds. The summed E-state index contributed by atoms with van der Waals surface area (Å²) < 4.78 is 0. The van der Waals surface area contributed by atoms with Crippen LogP contribution in [0, 0.1) is 0 Å². The number of rotatable bonds is 6. The molecule has 1 atom stereocenters. The van der Waals surface area contributed by atoms with Crippen LogP contribution in [-0.4, -0.2) is 83.7 Å². The predicted molar refractivity (Wildman–Crippen MR) is 106 cm³/mol. The van der Waals surface area contributed by atoms with Crippen LogP contribution in [0.15, 0.2) is 0 Å². The number of nitrogens with one attached hydrogen (secondary N) is 1. The van der Waals surface area contributed by atoms with Crippen LogP contribution in [0.1, 0.15) is 37.4 Å². The van der Waals surface area contributed by atoms with Gasteiger partial charge in [-0.3, -0.25) is 4.79 Å². The van der Waals surface area contributed by atoms with Gasteiger partial charge in [0.05, 0.1) is 18.3 Å². The molecular weight excluding hydrogens is 344 g/mol. The van der Waals surface area contributed by atoms with Crippen molar-refractivity contribution in [1.29, 1.82) is 0 Å². The van der Waals surface area contributed by atoms with Gasteiger partial charge in [-0.15, -0.1) is 0 Å². The van der Waals surface area contributed by atoms with Crippen molar-refractivity contribution in [3.8, 4) is 0 Å². The fourth-order valence-electron chi connectivity index (χ4n) is 3.78. The average Bonchev–Trinajstić information content (AvgIpc) is 2.64. The molecule has 1 aromatic rings. The predicted octanol–water partition coefficient (Wildman–Crippen LogP) is 0.706. The van der Waals surface area contributed by atoms with Gasteiger partial charge in [-0.05, 0) is 38.8 Å². The molecule has 0 spiro atoms. The van der Waals surface area contributed by atoms with E-state index in [2.05, 4.69) is 15.2 Å². The molecule has 0 aromatic carbocycles. The molecule has 1 aromatic heterocycles. The second kappa shape index (κ2) is 8.84. The fourth-order valence-corrected chi connectivity index (χ4v) is 3.78. The molecular formula is C19H32N6O2. The van der Waals surface area contributed by atoms with Crippen LogP contribution in [0.5, 0.6) is 0 Å². The summed E-state index contributed by atoms with van der Waals surface area (Å²) in [6.45, 7) is 6.55. The van der Waals surface area contributed by atoms with Crippen LogP contribution < -0.4 is 10.2 Å². The third kappa shape index (κ3) is 5.07. The smallest absolute Gasteiger partial charge is 0.227 e. The van der Waals surface area contributed by atoms with Crippen LogP contribution in [0.3, 0.4) is 0 Å². The molecule has 3 heterocycles. The van der Waals surface area contributed by atoms with Crippen molar-refractivity contribution in [3.63, 3.8) is 0 Å². The third-order valence-electron chi connectivity index (χ3n) is 5.32. The van der Waals surface area contributed by atoms with Gasteiger partial charge in [0.15, 0.2) is 0 Å². The summed E-state index contributed by atoms with van der Waals surface area (Å²) in [6, 6.07) is 0. The molecule has 3 rings (SSSR count). The van der Waals surface area contributed by atoms with Crippen molar-refractivity contribution in [2.75, 3.05) is 57.0 Å². The second-order valence-corrected chi connectivity index (χ2v) is 7.76. The van der Waals surface area contributed by atoms with Gasteiger partial charge in [-0.1, -0.05) is 0 Å². The fraction of sp³-hybridized carbons (Fsp3) is 0.737. The molecule has 1 saturated heterocycles. The number of aliphatic hydroxyl groups excluding tert-OH is 1. The molecule has 2 aliphatic heterocycles. The zero-order valence-corrected chi connectivity index (χ0v) is 16.7. The Morgan fingerprint density at radius 3 is 2.85 bits per heavy atom. The second-order valence-electron chi connectivity index (χ2n) is 7.76. The number of anilines is 2. The van der Waals surface area contributed by atoms with Crippen molar-refractivity contribution < 1.29 is 9.90 Å². The van der Waals surface area contributed by atoms with Crippen LogP contribution >= 0.6 is 0 Å². The van der Waals surface area contributed by atoms with Crippen LogP contribution in [0.25, 0.3) is 0 Å². The lowest BCUT2D eigenvalue weighted by Gasteiger charge is -2.30. The molecule has 0 saturated carbocycles. The molecule has 0 radical (unpaired) electrons. The van der Waals surface area contributed by atoms with E-state index in [0.717, 1.165) is 68.9 Å². The lowest BCUT2D eigenvalue weighted by atomic mass is 10.1. The first kappa shape index (κ1) is 19.8. The first-order chi connectivity index (χ1) is 12.9. The number of β-amino-alcohol motifs (C(OH)–C–C–N with tert-alkyl or cyclic N) is 1. The molecule has 1 fully saturated rings. The molecule has 0 aliphatic carbocycles. The minimum Gasteiger partial charge on any atom is -0.392 e. The van der Waals surface area contributed by atoms with Gasteiger partial charge in [0.25, 0.3) is 0 Å². The number of aromatic nitrogens is 2. The highest BCUT2D eigenvalue weighted by molar-refractivity contribution is 5.73. The Hall–Kier alpha value is -1.93. The highest BCUT2D eigenvalue weighted by Crippen LogP contribution is 2.26. The number of carbonyl (C=O) groups excluding carboxylic acids is 1. The third-order valence-corrected chi connectivity index (χ3v) is 5.32. The molecule has 8 nitrogen and oxygen atoms in total. The van der Waals surface area contributed by atoms with Gasteiger partial charge < -0.3 is 25.1 Å². The van der Waals surface area contributed by atoms with Gasteiger partial charge in [0, 0.05) is 46.2 Å². The number of amides is 1. The van der Waals surface area contributed by atoms with Crippen LogP contribution in [0.2, 0.25) is 0 Å². The number of likely N-dealkylation sites (tertiary alicyclic amines) is 1. The van der Waals surface area contributed by atoms with E-state index >= 15 is 0 Å². The number of piperidine rings is 1. The maximum atomic E-state index is 11.7. The zero-order valence-electron chi connectivity index (χ0n) is 16.7. The van der Waals surface area contributed by atoms with E-state index in [1.165, 1.54) is 0 Å². The maximum absolute atomic E-state index is 11.7. The van der Waals surface area contributed by atoms with Gasteiger partial charge >= 0.3 is 0 Å². The van der Waals surface area contributed by atoms with E-state index in [0.29, 0.717) is 19.0 Å². The highest BCUT2D eigenvalue weighted by atomic mass is 16.3. The zero-order chi connectivity index (χ0) is 19.4. The van der Waals surface area contributed by atoms with Crippen LogP contribution in [0.4, 0.5) is 11.8 Å². The largest absolute Gasteiger partial charge is 0.392 e. The van der Waals surface area contributed by atoms with Crippen molar-refractivity contribution in [1.82, 2.24) is 19.8 Å². The lowest BCUT2D eigenvalue weighted by Crippen LogP contribution is -2.39. The van der Waals surface area contributed by atoms with E-state index in [1.807, 2.05) is 23.9 Å². The lowest BCUT2D eigenvalue weighted by molar-refractivity contribution is -0.129. The van der Waals surface area contributed by atoms with Crippen molar-refractivity contribution >= 4 is 17.7 Å². The molecule has 150 valence electrons. The Morgan fingerprint density at radius 2 is 2.15 bits per heavy atom. The normalized spacial score (nSPS) is 20.3. The summed E-state index contributed by atoms with van der Waals surface area (Å²) in [4.78, 5) is 27.2. The number of carbonyl (C=O) groups is 1. The SMILES string of the molecule is CC(=O)N1CCc2c(nc(N(C)C)nc2NCCCN2CCC[C@@H](O)C2)C1. The Kier molecular flexibility index (Phi) is 6.49. The van der Waals surface area contributed by atoms with E-state index in [4.69, 9.17) is 4.98 Å². The van der Waals surface area contributed by atoms with E-state index < -0.39 is 0 Å². The van der Waals surface area contributed by atoms with E-state index in [-0.39, 0.29) is 12.0 Å². The van der Waals surface area contributed by atoms with Crippen molar-refractivity contribution in [2.24, 2.45) is 0 Å². The number of aliphatic hydroxyl groups is 1. The molecule has 0 bridgehead atoms. The van der Waals surface area contributed by atoms with Crippen molar-refractivity contribution in [2.45, 2.75) is 45.3 Å². The van der Waals surface area contributed by atoms with Gasteiger partial charge in [-0.25, -0.2) is 4.98 Å². The van der Waals surface area contributed by atoms with Gasteiger partial charge in [0.1, 0.15) is 5.82 Å². The number of hydrogen-bond donors (Lipinski definition) is 2. The standard InChI is InChI=1S/C19H32N6O2/c1-14(26)25-11-7-16-17(13-25)21-19(23(2)3)22-18(16)20-8-5-10-24-9-4-6-15(27)12-24/h15,27H,4-13H2,1-3H3,(H,20,21,22)/t15-/m1/s1. The Morgan fingerprint density at radius 1 is 1.33 bits per heavy atom. The number of nitrogens with zero attached hydrogens (tertiary/aromatic N) is 5. The summed E-state index contributed by atoms with van der Waals surface area (Å²) in [7, 11) is 3.86. The monoisotopic (exact) mass is 376 g/mol. The quantitative estimate of drug-likeness (QED) is 0.707. The number of hydrogen-bond acceptors (Lipinski definition) is 7. The summed E-state index contributed by atoms with van der Waals surface area (Å²) in [5.74, 6) is 1.65. The summed E-state index contributed by atoms with van der Waals surface area (Å²) in [6.07, 6.45) is 3.61. The Balaban J connectivity index is 1.63. The van der Waals surface area contributed by atoms with E-state index in [1.54, 1.807) is 6.92 Å². The highest BCUT2D eigenvalue weighted by Gasteiger charge is 2.24. The minimum atomic E-state index is -0.174. The van der Waals surface area contributed by atoms with Crippen LogP contribution in [-0.2, 0) is 17.8 Å².